The molecule has 0 saturated carbocycles. The molecule has 0 N–H and O–H groups in total. The maximum atomic E-state index is 2.62. The van der Waals surface area contributed by atoms with Crippen molar-refractivity contribution in [3.63, 3.8) is 0 Å². The number of benzene rings is 1. The van der Waals surface area contributed by atoms with Crippen molar-refractivity contribution in [1.82, 2.24) is 9.80 Å². The van der Waals surface area contributed by atoms with Gasteiger partial charge in [-0.3, -0.25) is 4.90 Å². The van der Waals surface area contributed by atoms with Gasteiger partial charge in [-0.1, -0.05) is 29.8 Å². The summed E-state index contributed by atoms with van der Waals surface area (Å²) in [6.45, 7) is 13.0. The first-order chi connectivity index (χ1) is 9.15. The van der Waals surface area contributed by atoms with E-state index < -0.39 is 0 Å². The first-order valence-corrected chi connectivity index (χ1v) is 7.67. The molecule has 2 heteroatoms. The Labute approximate surface area is 118 Å². The van der Waals surface area contributed by atoms with E-state index in [2.05, 4.69) is 54.8 Å². The van der Waals surface area contributed by atoms with Gasteiger partial charge in [-0.25, -0.2) is 0 Å². The van der Waals surface area contributed by atoms with Crippen molar-refractivity contribution in [2.75, 3.05) is 32.7 Å². The Hall–Kier alpha value is -0.860. The lowest BCUT2D eigenvalue weighted by Gasteiger charge is -2.36. The minimum Gasteiger partial charge on any atom is -0.301 e. The number of aryl methyl sites for hydroxylation is 2. The molecule has 1 saturated heterocycles. The predicted octanol–water partition coefficient (Wildman–Crippen LogP) is 2.95. The second kappa shape index (κ2) is 7.06. The Morgan fingerprint density at radius 1 is 1.00 bits per heavy atom. The highest BCUT2D eigenvalue weighted by atomic mass is 15.3. The second-order valence-electron chi connectivity index (χ2n) is 6.06. The van der Waals surface area contributed by atoms with Gasteiger partial charge in [0.05, 0.1) is 0 Å². The third-order valence-corrected chi connectivity index (χ3v) is 4.20. The van der Waals surface area contributed by atoms with Gasteiger partial charge in [0.2, 0.25) is 0 Å². The highest BCUT2D eigenvalue weighted by Gasteiger charge is 2.17. The third kappa shape index (κ3) is 4.63. The molecule has 0 unspecified atom stereocenters. The number of rotatable bonds is 5. The molecular formula is C17H28N2. The van der Waals surface area contributed by atoms with Crippen molar-refractivity contribution in [2.45, 2.75) is 39.7 Å². The van der Waals surface area contributed by atoms with Crippen molar-refractivity contribution >= 4 is 0 Å². The molecular weight excluding hydrogens is 232 g/mol. The summed E-state index contributed by atoms with van der Waals surface area (Å²) in [5, 5.41) is 0. The van der Waals surface area contributed by atoms with Crippen LogP contribution in [-0.4, -0.2) is 48.6 Å². The van der Waals surface area contributed by atoms with Crippen molar-refractivity contribution < 1.29 is 0 Å². The first-order valence-electron chi connectivity index (χ1n) is 7.67. The van der Waals surface area contributed by atoms with Gasteiger partial charge in [-0.15, -0.1) is 0 Å². The van der Waals surface area contributed by atoms with E-state index in [0.717, 1.165) is 0 Å². The minimum absolute atomic E-state index is 0.703. The zero-order valence-corrected chi connectivity index (χ0v) is 12.7. The van der Waals surface area contributed by atoms with E-state index in [4.69, 9.17) is 0 Å². The fourth-order valence-electron chi connectivity index (χ4n) is 2.76. The van der Waals surface area contributed by atoms with Crippen LogP contribution in [0.25, 0.3) is 0 Å². The minimum atomic E-state index is 0.703. The maximum Gasteiger partial charge on any atom is 0.0113 e. The van der Waals surface area contributed by atoms with Crippen LogP contribution < -0.4 is 0 Å². The van der Waals surface area contributed by atoms with Gasteiger partial charge in [0.25, 0.3) is 0 Å². The summed E-state index contributed by atoms with van der Waals surface area (Å²) in [5.74, 6) is 0. The van der Waals surface area contributed by atoms with Crippen molar-refractivity contribution in [1.29, 1.82) is 0 Å². The van der Waals surface area contributed by atoms with Gasteiger partial charge < -0.3 is 4.90 Å². The van der Waals surface area contributed by atoms with E-state index in [1.54, 1.807) is 0 Å². The molecule has 1 aromatic rings. The summed E-state index contributed by atoms with van der Waals surface area (Å²) in [6, 6.07) is 9.68. The van der Waals surface area contributed by atoms with Gasteiger partial charge >= 0.3 is 0 Å². The van der Waals surface area contributed by atoms with Crippen molar-refractivity contribution in [2.24, 2.45) is 0 Å². The molecule has 19 heavy (non-hydrogen) atoms. The molecule has 0 amide bonds. The molecule has 0 aliphatic carbocycles. The highest BCUT2D eigenvalue weighted by molar-refractivity contribution is 5.21. The topological polar surface area (TPSA) is 6.48 Å². The van der Waals surface area contributed by atoms with Crippen LogP contribution in [0.1, 0.15) is 31.4 Å². The van der Waals surface area contributed by atoms with Crippen LogP contribution >= 0.6 is 0 Å². The van der Waals surface area contributed by atoms with E-state index in [-0.39, 0.29) is 0 Å². The Balaban J connectivity index is 1.65. The SMILES string of the molecule is Cc1ccc(CCCN2CCN(C(C)C)CC2)cc1. The average molecular weight is 260 g/mol. The monoisotopic (exact) mass is 260 g/mol. The van der Waals surface area contributed by atoms with Gasteiger partial charge in [-0.05, 0) is 45.7 Å². The molecule has 1 fully saturated rings. The summed E-state index contributed by atoms with van der Waals surface area (Å²) < 4.78 is 0. The Morgan fingerprint density at radius 3 is 2.21 bits per heavy atom. The van der Waals surface area contributed by atoms with Crippen LogP contribution in [0.4, 0.5) is 0 Å². The van der Waals surface area contributed by atoms with E-state index in [1.165, 1.54) is 56.7 Å². The molecule has 1 aliphatic heterocycles. The zero-order valence-electron chi connectivity index (χ0n) is 12.7. The van der Waals surface area contributed by atoms with Crippen molar-refractivity contribution in [3.05, 3.63) is 35.4 Å². The number of hydrogen-bond acceptors (Lipinski definition) is 2. The average Bonchev–Trinajstić information content (AvgIpc) is 2.41. The van der Waals surface area contributed by atoms with Crippen molar-refractivity contribution in [3.8, 4) is 0 Å². The Bertz CT molecular complexity index is 361. The number of piperazine rings is 1. The molecule has 1 aliphatic rings. The second-order valence-corrected chi connectivity index (χ2v) is 6.06. The third-order valence-electron chi connectivity index (χ3n) is 4.20. The Kier molecular flexibility index (Phi) is 5.41. The lowest BCUT2D eigenvalue weighted by Crippen LogP contribution is -2.48. The molecule has 2 rings (SSSR count). The lowest BCUT2D eigenvalue weighted by atomic mass is 10.1. The van der Waals surface area contributed by atoms with Gasteiger partial charge in [-0.2, -0.15) is 0 Å². The van der Waals surface area contributed by atoms with E-state index in [9.17, 15) is 0 Å². The fraction of sp³-hybridized carbons (Fsp3) is 0.647. The standard InChI is InChI=1S/C17H28N2/c1-15(2)19-13-11-18(12-14-19)10-4-5-17-8-6-16(3)7-9-17/h6-9,15H,4-5,10-14H2,1-3H3. The van der Waals surface area contributed by atoms with Crippen LogP contribution in [0.5, 0.6) is 0 Å². The van der Waals surface area contributed by atoms with Crippen LogP contribution in [0.2, 0.25) is 0 Å². The lowest BCUT2D eigenvalue weighted by molar-refractivity contribution is 0.108. The first kappa shape index (κ1) is 14.5. The number of hydrogen-bond donors (Lipinski definition) is 0. The molecule has 0 atom stereocenters. The summed E-state index contributed by atoms with van der Waals surface area (Å²) in [5.41, 5.74) is 2.83. The molecule has 2 nitrogen and oxygen atoms in total. The zero-order chi connectivity index (χ0) is 13.7. The summed E-state index contributed by atoms with van der Waals surface area (Å²) in [7, 11) is 0. The largest absolute Gasteiger partial charge is 0.301 e. The number of nitrogens with zero attached hydrogens (tertiary/aromatic N) is 2. The predicted molar refractivity (Wildman–Crippen MR) is 82.6 cm³/mol. The van der Waals surface area contributed by atoms with Gasteiger partial charge in [0.15, 0.2) is 0 Å². The van der Waals surface area contributed by atoms with E-state index >= 15 is 0 Å². The summed E-state index contributed by atoms with van der Waals surface area (Å²) >= 11 is 0. The Morgan fingerprint density at radius 2 is 1.63 bits per heavy atom. The molecule has 0 aromatic heterocycles. The maximum absolute atomic E-state index is 2.62. The van der Waals surface area contributed by atoms with Crippen LogP contribution in [0, 0.1) is 6.92 Å². The van der Waals surface area contributed by atoms with Crippen LogP contribution in [0.15, 0.2) is 24.3 Å². The summed E-state index contributed by atoms with van der Waals surface area (Å²) in [4.78, 5) is 5.20. The molecule has 0 radical (unpaired) electrons. The molecule has 1 aromatic carbocycles. The normalized spacial score (nSPS) is 18.1. The van der Waals surface area contributed by atoms with Gasteiger partial charge in [0.1, 0.15) is 0 Å². The van der Waals surface area contributed by atoms with E-state index in [0.29, 0.717) is 6.04 Å². The van der Waals surface area contributed by atoms with E-state index in [1.807, 2.05) is 0 Å². The van der Waals surface area contributed by atoms with Crippen LogP contribution in [0.3, 0.4) is 0 Å². The summed E-state index contributed by atoms with van der Waals surface area (Å²) in [6.07, 6.45) is 2.50. The molecule has 106 valence electrons. The smallest absolute Gasteiger partial charge is 0.0113 e. The van der Waals surface area contributed by atoms with Gasteiger partial charge in [0, 0.05) is 32.2 Å². The highest BCUT2D eigenvalue weighted by Crippen LogP contribution is 2.09. The molecule has 1 heterocycles. The fourth-order valence-corrected chi connectivity index (χ4v) is 2.76. The van der Waals surface area contributed by atoms with Crippen LogP contribution in [-0.2, 0) is 6.42 Å². The molecule has 0 spiro atoms. The molecule has 0 bridgehead atoms. The quantitative estimate of drug-likeness (QED) is 0.803.